The Bertz CT molecular complexity index is 926. The molecular formula is C17H15F3N2O5S2. The molecule has 0 saturated carbocycles. The highest BCUT2D eigenvalue weighted by molar-refractivity contribution is 7.80. The van der Waals surface area contributed by atoms with Crippen LogP contribution in [0.4, 0.5) is 23.9 Å². The smallest absolute Gasteiger partial charge is 0.465 e. The van der Waals surface area contributed by atoms with Gasteiger partial charge < -0.3 is 24.8 Å². The Labute approximate surface area is 172 Å². The van der Waals surface area contributed by atoms with Gasteiger partial charge in [-0.15, -0.1) is 24.5 Å². The fraction of sp³-hybridized carbons (Fsp3) is 0.235. The maximum atomic E-state index is 12.2. The first kappa shape index (κ1) is 22.4. The molecule has 2 aromatic rings. The molecule has 0 bridgehead atoms. The number of carbonyl (C=O) groups excluding carboxylic acids is 2. The molecule has 2 N–H and O–H groups in total. The van der Waals surface area contributed by atoms with E-state index >= 15 is 0 Å². The Hall–Kier alpha value is -2.86. The normalized spacial score (nSPS) is 10.8. The van der Waals surface area contributed by atoms with E-state index in [1.807, 2.05) is 0 Å². The van der Waals surface area contributed by atoms with Crippen LogP contribution < -0.4 is 15.4 Å². The molecule has 0 amide bonds. The van der Waals surface area contributed by atoms with Gasteiger partial charge in [0.1, 0.15) is 15.6 Å². The number of nitrogens with one attached hydrogen (secondary N) is 2. The van der Waals surface area contributed by atoms with Crippen molar-refractivity contribution in [3.05, 3.63) is 40.3 Å². The Morgan fingerprint density at radius 1 is 1.03 bits per heavy atom. The van der Waals surface area contributed by atoms with Gasteiger partial charge in [-0.3, -0.25) is 0 Å². The Morgan fingerprint density at radius 2 is 1.62 bits per heavy atom. The summed E-state index contributed by atoms with van der Waals surface area (Å²) in [6.07, 6.45) is -4.79. The summed E-state index contributed by atoms with van der Waals surface area (Å²) in [5, 5.41) is 5.84. The molecule has 0 radical (unpaired) electrons. The van der Waals surface area contributed by atoms with Gasteiger partial charge in [0.05, 0.1) is 19.8 Å². The largest absolute Gasteiger partial charge is 0.573 e. The van der Waals surface area contributed by atoms with Crippen molar-refractivity contribution < 1.29 is 37.0 Å². The second-order valence-electron chi connectivity index (χ2n) is 5.39. The predicted octanol–water partition coefficient (Wildman–Crippen LogP) is 4.34. The number of anilines is 2. The minimum Gasteiger partial charge on any atom is -0.465 e. The van der Waals surface area contributed by atoms with Crippen LogP contribution in [-0.4, -0.2) is 37.6 Å². The van der Waals surface area contributed by atoms with Crippen molar-refractivity contribution in [1.29, 1.82) is 0 Å². The Balaban J connectivity index is 2.18. The average molecular weight is 448 g/mol. The van der Waals surface area contributed by atoms with Crippen molar-refractivity contribution >= 4 is 51.3 Å². The second kappa shape index (κ2) is 9.09. The van der Waals surface area contributed by atoms with Gasteiger partial charge in [0, 0.05) is 5.69 Å². The van der Waals surface area contributed by atoms with E-state index in [2.05, 4.69) is 15.4 Å². The number of hydrogen-bond acceptors (Lipinski definition) is 7. The summed E-state index contributed by atoms with van der Waals surface area (Å²) >= 11 is 6.12. The summed E-state index contributed by atoms with van der Waals surface area (Å²) in [4.78, 5) is 24.2. The minimum atomic E-state index is -4.79. The van der Waals surface area contributed by atoms with Crippen molar-refractivity contribution in [3.63, 3.8) is 0 Å². The Morgan fingerprint density at radius 3 is 2.14 bits per heavy atom. The van der Waals surface area contributed by atoms with E-state index in [0.717, 1.165) is 23.5 Å². The average Bonchev–Trinajstić information content (AvgIpc) is 2.96. The molecule has 0 saturated heterocycles. The van der Waals surface area contributed by atoms with Gasteiger partial charge in [0.2, 0.25) is 0 Å². The number of rotatable bonds is 5. The van der Waals surface area contributed by atoms with Crippen molar-refractivity contribution in [2.45, 2.75) is 13.3 Å². The van der Waals surface area contributed by atoms with Crippen molar-refractivity contribution in [3.8, 4) is 5.75 Å². The number of halogens is 3. The van der Waals surface area contributed by atoms with E-state index in [1.165, 1.54) is 26.4 Å². The zero-order valence-corrected chi connectivity index (χ0v) is 16.9. The first-order valence-electron chi connectivity index (χ1n) is 7.79. The van der Waals surface area contributed by atoms with E-state index in [0.29, 0.717) is 11.3 Å². The van der Waals surface area contributed by atoms with Crippen LogP contribution in [-0.2, 0) is 9.47 Å². The molecule has 0 fully saturated rings. The third-order valence-electron chi connectivity index (χ3n) is 3.48. The first-order chi connectivity index (χ1) is 13.6. The molecule has 1 heterocycles. The monoisotopic (exact) mass is 448 g/mol. The van der Waals surface area contributed by atoms with Crippen LogP contribution >= 0.6 is 23.6 Å². The van der Waals surface area contributed by atoms with Crippen LogP contribution in [0.25, 0.3) is 0 Å². The SMILES string of the molecule is COC(=O)c1sc(NC(=S)Nc2ccc(OC(F)(F)F)cc2)c(C(=O)OC)c1C. The van der Waals surface area contributed by atoms with E-state index < -0.39 is 18.3 Å². The lowest BCUT2D eigenvalue weighted by Crippen LogP contribution is -2.20. The molecule has 12 heteroatoms. The number of thiophene rings is 1. The van der Waals surface area contributed by atoms with E-state index in [-0.39, 0.29) is 26.3 Å². The molecule has 7 nitrogen and oxygen atoms in total. The summed E-state index contributed by atoms with van der Waals surface area (Å²) in [5.41, 5.74) is 0.863. The lowest BCUT2D eigenvalue weighted by molar-refractivity contribution is -0.274. The number of benzene rings is 1. The summed E-state index contributed by atoms with van der Waals surface area (Å²) < 4.78 is 49.8. The van der Waals surface area contributed by atoms with Gasteiger partial charge >= 0.3 is 18.3 Å². The van der Waals surface area contributed by atoms with Crippen LogP contribution in [0, 0.1) is 6.92 Å². The minimum absolute atomic E-state index is 0.0392. The predicted molar refractivity (Wildman–Crippen MR) is 105 cm³/mol. The Kier molecular flexibility index (Phi) is 7.03. The number of ether oxygens (including phenoxy) is 3. The molecule has 0 aliphatic heterocycles. The molecule has 1 aromatic carbocycles. The van der Waals surface area contributed by atoms with Gasteiger partial charge in [0.25, 0.3) is 0 Å². The van der Waals surface area contributed by atoms with Crippen molar-refractivity contribution in [2.24, 2.45) is 0 Å². The van der Waals surface area contributed by atoms with Gasteiger partial charge in [-0.2, -0.15) is 0 Å². The number of alkyl halides is 3. The highest BCUT2D eigenvalue weighted by atomic mass is 32.1. The second-order valence-corrected chi connectivity index (χ2v) is 6.82. The van der Waals surface area contributed by atoms with Crippen molar-refractivity contribution in [1.82, 2.24) is 0 Å². The van der Waals surface area contributed by atoms with Gasteiger partial charge in [0.15, 0.2) is 5.11 Å². The highest BCUT2D eigenvalue weighted by Gasteiger charge is 2.31. The van der Waals surface area contributed by atoms with E-state index in [4.69, 9.17) is 21.7 Å². The summed E-state index contributed by atoms with van der Waals surface area (Å²) in [5.74, 6) is -1.68. The molecule has 0 spiro atoms. The van der Waals surface area contributed by atoms with E-state index in [1.54, 1.807) is 6.92 Å². The highest BCUT2D eigenvalue weighted by Crippen LogP contribution is 2.34. The zero-order chi connectivity index (χ0) is 21.8. The maximum absolute atomic E-state index is 12.2. The quantitative estimate of drug-likeness (QED) is 0.516. The van der Waals surface area contributed by atoms with E-state index in [9.17, 15) is 22.8 Å². The summed E-state index contributed by atoms with van der Waals surface area (Å²) in [7, 11) is 2.41. The lowest BCUT2D eigenvalue weighted by Gasteiger charge is -2.12. The molecule has 29 heavy (non-hydrogen) atoms. The number of hydrogen-bond donors (Lipinski definition) is 2. The molecule has 2 rings (SSSR count). The van der Waals surface area contributed by atoms with Crippen LogP contribution in [0.1, 0.15) is 25.6 Å². The molecule has 0 aliphatic carbocycles. The summed E-state index contributed by atoms with van der Waals surface area (Å²) in [6.45, 7) is 1.57. The van der Waals surface area contributed by atoms with Crippen molar-refractivity contribution in [2.75, 3.05) is 24.9 Å². The maximum Gasteiger partial charge on any atom is 0.573 e. The fourth-order valence-corrected chi connectivity index (χ4v) is 3.64. The standard InChI is InChI=1S/C17H15F3N2O5S2/c1-8-11(14(23)25-2)13(29-12(8)15(24)26-3)22-16(28)21-9-4-6-10(7-5-9)27-17(18,19)20/h4-7H,1-3H3,(H2,21,22,28). The van der Waals surface area contributed by atoms with Crippen LogP contribution in [0.3, 0.4) is 0 Å². The van der Waals surface area contributed by atoms with Gasteiger partial charge in [-0.1, -0.05) is 0 Å². The number of carbonyl (C=O) groups is 2. The van der Waals surface area contributed by atoms with Crippen LogP contribution in [0.15, 0.2) is 24.3 Å². The van der Waals surface area contributed by atoms with Crippen LogP contribution in [0.2, 0.25) is 0 Å². The zero-order valence-electron chi connectivity index (χ0n) is 15.3. The molecule has 1 aromatic heterocycles. The third kappa shape index (κ3) is 5.81. The molecule has 0 atom stereocenters. The fourth-order valence-electron chi connectivity index (χ4n) is 2.24. The lowest BCUT2D eigenvalue weighted by atomic mass is 10.1. The first-order valence-corrected chi connectivity index (χ1v) is 9.02. The number of methoxy groups -OCH3 is 2. The topological polar surface area (TPSA) is 85.9 Å². The number of esters is 2. The van der Waals surface area contributed by atoms with Crippen LogP contribution in [0.5, 0.6) is 5.75 Å². The third-order valence-corrected chi connectivity index (χ3v) is 4.87. The summed E-state index contributed by atoms with van der Waals surface area (Å²) in [6, 6.07) is 4.89. The number of thiocarbonyl (C=S) groups is 1. The molecule has 0 unspecified atom stereocenters. The van der Waals surface area contributed by atoms with Gasteiger partial charge in [-0.05, 0) is 49.0 Å². The molecular weight excluding hydrogens is 433 g/mol. The molecule has 156 valence electrons. The molecule has 0 aliphatic rings. The van der Waals surface area contributed by atoms with Gasteiger partial charge in [-0.25, -0.2) is 9.59 Å².